The standard InChI is InChI=1S/C18H23NO2/c1-12(2)19-16(14-8-6-13(3)7-9-14)11-10-15(17(19)20)18(4,5)21/h6-12,21H,1-5H3. The van der Waals surface area contributed by atoms with Gasteiger partial charge in [-0.25, -0.2) is 0 Å². The molecule has 112 valence electrons. The third kappa shape index (κ3) is 3.08. The molecule has 0 aliphatic carbocycles. The van der Waals surface area contributed by atoms with Crippen molar-refractivity contribution in [3.63, 3.8) is 0 Å². The molecule has 1 heterocycles. The second-order valence-electron chi connectivity index (χ2n) is 6.33. The van der Waals surface area contributed by atoms with Gasteiger partial charge in [0.25, 0.3) is 5.56 Å². The Morgan fingerprint density at radius 2 is 1.62 bits per heavy atom. The normalized spacial score (nSPS) is 12.0. The summed E-state index contributed by atoms with van der Waals surface area (Å²) in [5, 5.41) is 10.2. The second kappa shape index (κ2) is 5.49. The quantitative estimate of drug-likeness (QED) is 0.935. The minimum Gasteiger partial charge on any atom is -0.386 e. The lowest BCUT2D eigenvalue weighted by molar-refractivity contribution is 0.0764. The Labute approximate surface area is 125 Å². The Hall–Kier alpha value is -1.87. The molecule has 0 unspecified atom stereocenters. The molecule has 21 heavy (non-hydrogen) atoms. The molecule has 0 atom stereocenters. The predicted octanol–water partition coefficient (Wildman–Crippen LogP) is 3.63. The van der Waals surface area contributed by atoms with E-state index in [-0.39, 0.29) is 11.6 Å². The highest BCUT2D eigenvalue weighted by Crippen LogP contribution is 2.24. The molecule has 3 nitrogen and oxygen atoms in total. The first-order valence-electron chi connectivity index (χ1n) is 7.27. The van der Waals surface area contributed by atoms with Crippen LogP contribution in [-0.4, -0.2) is 9.67 Å². The lowest BCUT2D eigenvalue weighted by Crippen LogP contribution is -2.33. The van der Waals surface area contributed by atoms with Gasteiger partial charge in [-0.1, -0.05) is 29.8 Å². The summed E-state index contributed by atoms with van der Waals surface area (Å²) in [6.07, 6.45) is 0. The van der Waals surface area contributed by atoms with Gasteiger partial charge in [0.1, 0.15) is 0 Å². The van der Waals surface area contributed by atoms with Crippen LogP contribution < -0.4 is 5.56 Å². The summed E-state index contributed by atoms with van der Waals surface area (Å²) in [6, 6.07) is 11.8. The number of aromatic nitrogens is 1. The lowest BCUT2D eigenvalue weighted by atomic mass is 9.98. The zero-order valence-corrected chi connectivity index (χ0v) is 13.3. The number of pyridine rings is 1. The van der Waals surface area contributed by atoms with Crippen molar-refractivity contribution in [1.82, 2.24) is 4.57 Å². The molecule has 0 spiro atoms. The molecule has 2 rings (SSSR count). The van der Waals surface area contributed by atoms with Crippen LogP contribution in [0.25, 0.3) is 11.3 Å². The van der Waals surface area contributed by atoms with Gasteiger partial charge >= 0.3 is 0 Å². The molecular weight excluding hydrogens is 262 g/mol. The van der Waals surface area contributed by atoms with Crippen molar-refractivity contribution < 1.29 is 5.11 Å². The van der Waals surface area contributed by atoms with Crippen LogP contribution in [0, 0.1) is 6.92 Å². The van der Waals surface area contributed by atoms with E-state index in [4.69, 9.17) is 0 Å². The molecule has 1 aromatic carbocycles. The predicted molar refractivity (Wildman–Crippen MR) is 86.5 cm³/mol. The second-order valence-corrected chi connectivity index (χ2v) is 6.33. The molecule has 0 saturated carbocycles. The number of benzene rings is 1. The third-order valence-corrected chi connectivity index (χ3v) is 3.64. The minimum absolute atomic E-state index is 0.0242. The SMILES string of the molecule is Cc1ccc(-c2ccc(C(C)(C)O)c(=O)n2C(C)C)cc1. The van der Waals surface area contributed by atoms with Crippen LogP contribution in [0.2, 0.25) is 0 Å². The Balaban J connectivity index is 2.71. The summed E-state index contributed by atoms with van der Waals surface area (Å²) in [6.45, 7) is 9.27. The molecular formula is C18H23NO2. The van der Waals surface area contributed by atoms with Gasteiger partial charge in [0.2, 0.25) is 0 Å². The van der Waals surface area contributed by atoms with Crippen LogP contribution in [0.5, 0.6) is 0 Å². The Bertz CT molecular complexity index is 689. The van der Waals surface area contributed by atoms with Gasteiger partial charge in [0.05, 0.1) is 11.3 Å². The summed E-state index contributed by atoms with van der Waals surface area (Å²) >= 11 is 0. The molecule has 2 aromatic rings. The number of aryl methyl sites for hydroxylation is 1. The Morgan fingerprint density at radius 3 is 2.10 bits per heavy atom. The molecule has 1 N–H and O–H groups in total. The van der Waals surface area contributed by atoms with Crippen molar-refractivity contribution in [3.05, 3.63) is 57.9 Å². The van der Waals surface area contributed by atoms with Gasteiger partial charge < -0.3 is 9.67 Å². The highest BCUT2D eigenvalue weighted by Gasteiger charge is 2.23. The number of rotatable bonds is 3. The van der Waals surface area contributed by atoms with Gasteiger partial charge in [-0.2, -0.15) is 0 Å². The monoisotopic (exact) mass is 285 g/mol. The average Bonchev–Trinajstić information content (AvgIpc) is 2.37. The van der Waals surface area contributed by atoms with E-state index in [2.05, 4.69) is 0 Å². The van der Waals surface area contributed by atoms with Crippen LogP contribution in [0.1, 0.15) is 44.9 Å². The summed E-state index contributed by atoms with van der Waals surface area (Å²) in [7, 11) is 0. The fourth-order valence-corrected chi connectivity index (χ4v) is 2.49. The van der Waals surface area contributed by atoms with E-state index in [1.54, 1.807) is 24.5 Å². The van der Waals surface area contributed by atoms with E-state index in [0.717, 1.165) is 11.3 Å². The maximum atomic E-state index is 12.7. The maximum Gasteiger partial charge on any atom is 0.257 e. The maximum absolute atomic E-state index is 12.7. The summed E-state index contributed by atoms with van der Waals surface area (Å²) < 4.78 is 1.75. The van der Waals surface area contributed by atoms with E-state index >= 15 is 0 Å². The zero-order valence-electron chi connectivity index (χ0n) is 13.3. The van der Waals surface area contributed by atoms with E-state index in [1.165, 1.54) is 5.56 Å². The molecule has 0 saturated heterocycles. The topological polar surface area (TPSA) is 42.2 Å². The van der Waals surface area contributed by atoms with Crippen LogP contribution in [0.3, 0.4) is 0 Å². The first kappa shape index (κ1) is 15.5. The highest BCUT2D eigenvalue weighted by atomic mass is 16.3. The van der Waals surface area contributed by atoms with Crippen molar-refractivity contribution in [1.29, 1.82) is 0 Å². The lowest BCUT2D eigenvalue weighted by Gasteiger charge is -2.23. The third-order valence-electron chi connectivity index (χ3n) is 3.64. The number of aliphatic hydroxyl groups is 1. The first-order chi connectivity index (χ1) is 9.71. The largest absolute Gasteiger partial charge is 0.386 e. The molecule has 0 aliphatic rings. The Morgan fingerprint density at radius 1 is 1.05 bits per heavy atom. The van der Waals surface area contributed by atoms with Crippen LogP contribution >= 0.6 is 0 Å². The molecule has 3 heteroatoms. The van der Waals surface area contributed by atoms with E-state index < -0.39 is 5.60 Å². The summed E-state index contributed by atoms with van der Waals surface area (Å²) in [5.41, 5.74) is 2.23. The van der Waals surface area contributed by atoms with Gasteiger partial charge in [-0.3, -0.25) is 4.79 Å². The van der Waals surface area contributed by atoms with Crippen molar-refractivity contribution in [2.75, 3.05) is 0 Å². The highest BCUT2D eigenvalue weighted by molar-refractivity contribution is 5.60. The minimum atomic E-state index is -1.14. The molecule has 0 fully saturated rings. The van der Waals surface area contributed by atoms with Gasteiger partial charge in [-0.05, 0) is 52.3 Å². The molecule has 1 aromatic heterocycles. The van der Waals surface area contributed by atoms with E-state index in [9.17, 15) is 9.90 Å². The zero-order chi connectivity index (χ0) is 15.8. The van der Waals surface area contributed by atoms with Gasteiger partial charge in [0.15, 0.2) is 0 Å². The summed E-state index contributed by atoms with van der Waals surface area (Å²) in [4.78, 5) is 12.7. The number of hydrogen-bond donors (Lipinski definition) is 1. The smallest absolute Gasteiger partial charge is 0.257 e. The van der Waals surface area contributed by atoms with Crippen molar-refractivity contribution in [3.8, 4) is 11.3 Å². The van der Waals surface area contributed by atoms with Crippen molar-refractivity contribution in [2.24, 2.45) is 0 Å². The molecule has 0 aliphatic heterocycles. The first-order valence-corrected chi connectivity index (χ1v) is 7.27. The Kier molecular flexibility index (Phi) is 4.06. The van der Waals surface area contributed by atoms with Crippen LogP contribution in [-0.2, 0) is 5.60 Å². The number of nitrogens with zero attached hydrogens (tertiary/aromatic N) is 1. The van der Waals surface area contributed by atoms with Crippen molar-refractivity contribution in [2.45, 2.75) is 46.3 Å². The van der Waals surface area contributed by atoms with Gasteiger partial charge in [-0.15, -0.1) is 0 Å². The number of hydrogen-bond acceptors (Lipinski definition) is 2. The van der Waals surface area contributed by atoms with Crippen LogP contribution in [0.4, 0.5) is 0 Å². The fraction of sp³-hybridized carbons (Fsp3) is 0.389. The summed E-state index contributed by atoms with van der Waals surface area (Å²) in [5.74, 6) is 0. The van der Waals surface area contributed by atoms with Gasteiger partial charge in [0, 0.05) is 11.6 Å². The average molecular weight is 285 g/mol. The molecule has 0 bridgehead atoms. The van der Waals surface area contributed by atoms with Crippen LogP contribution in [0.15, 0.2) is 41.2 Å². The van der Waals surface area contributed by atoms with Crippen molar-refractivity contribution >= 4 is 0 Å². The molecule has 0 radical (unpaired) electrons. The molecule has 0 amide bonds. The van der Waals surface area contributed by atoms with E-state index in [0.29, 0.717) is 5.56 Å². The fourth-order valence-electron chi connectivity index (χ4n) is 2.49. The van der Waals surface area contributed by atoms with E-state index in [1.807, 2.05) is 51.1 Å².